The molecule has 0 radical (unpaired) electrons. The molecule has 0 atom stereocenters. The summed E-state index contributed by atoms with van der Waals surface area (Å²) in [5.74, 6) is 0.448. The van der Waals surface area contributed by atoms with Gasteiger partial charge >= 0.3 is 0 Å². The Hall–Kier alpha value is -2.87. The molecule has 3 aromatic rings. The van der Waals surface area contributed by atoms with Gasteiger partial charge in [0.05, 0.1) is 12.0 Å². The first-order valence-electron chi connectivity index (χ1n) is 9.06. The summed E-state index contributed by atoms with van der Waals surface area (Å²) in [6, 6.07) is 19.8. The molecule has 0 aromatic heterocycles. The molecule has 0 unspecified atom stereocenters. The molecule has 0 spiro atoms. The number of sulfonamides is 1. The molecule has 0 heterocycles. The predicted octanol–water partition coefficient (Wildman–Crippen LogP) is 4.42. The fourth-order valence-electron chi connectivity index (χ4n) is 2.77. The van der Waals surface area contributed by atoms with Gasteiger partial charge in [0.2, 0.25) is 10.0 Å². The fraction of sp³-hybridized carbons (Fsp3) is 0.136. The number of ether oxygens (including phenoxy) is 1. The van der Waals surface area contributed by atoms with Crippen LogP contribution < -0.4 is 10.1 Å². The normalized spacial score (nSPS) is 11.3. The number of methoxy groups -OCH3 is 1. The van der Waals surface area contributed by atoms with Crippen LogP contribution in [-0.2, 0) is 16.6 Å². The molecule has 3 aromatic carbocycles. The smallest absolute Gasteiger partial charge is 0.255 e. The van der Waals surface area contributed by atoms with Crippen LogP contribution in [0.3, 0.4) is 0 Å². The number of anilines is 1. The summed E-state index contributed by atoms with van der Waals surface area (Å²) >= 11 is 5.83. The maximum Gasteiger partial charge on any atom is 0.255 e. The number of halogens is 1. The minimum atomic E-state index is -3.64. The molecule has 0 aliphatic rings. The van der Waals surface area contributed by atoms with Gasteiger partial charge in [-0.1, -0.05) is 23.7 Å². The predicted molar refractivity (Wildman–Crippen MR) is 117 cm³/mol. The lowest BCUT2D eigenvalue weighted by Gasteiger charge is -2.17. The highest BCUT2D eigenvalue weighted by Crippen LogP contribution is 2.20. The Kier molecular flexibility index (Phi) is 6.77. The zero-order valence-electron chi connectivity index (χ0n) is 16.5. The van der Waals surface area contributed by atoms with E-state index >= 15 is 0 Å². The molecule has 0 aliphatic carbocycles. The van der Waals surface area contributed by atoms with Crippen molar-refractivity contribution in [1.29, 1.82) is 0 Å². The van der Waals surface area contributed by atoms with Gasteiger partial charge in [-0.25, -0.2) is 8.42 Å². The standard InChI is InChI=1S/C22H21ClN2O4S/c1-25(30(27,28)21-13-7-18(23)8-14-21)15-16-3-5-17(6-4-16)22(26)24-19-9-11-20(29-2)12-10-19/h3-14H,15H2,1-2H3,(H,24,26). The molecule has 0 aliphatic heterocycles. The Balaban J connectivity index is 1.65. The molecule has 8 heteroatoms. The van der Waals surface area contributed by atoms with Crippen LogP contribution in [0.15, 0.2) is 77.7 Å². The van der Waals surface area contributed by atoms with Gasteiger partial charge in [-0.2, -0.15) is 4.31 Å². The Morgan fingerprint density at radius 1 is 0.967 bits per heavy atom. The van der Waals surface area contributed by atoms with Crippen molar-refractivity contribution in [1.82, 2.24) is 4.31 Å². The van der Waals surface area contributed by atoms with Crippen LogP contribution in [0.2, 0.25) is 5.02 Å². The molecule has 1 N–H and O–H groups in total. The molecule has 0 bridgehead atoms. The molecular formula is C22H21ClN2O4S. The molecule has 0 saturated carbocycles. The van der Waals surface area contributed by atoms with E-state index in [0.717, 1.165) is 5.56 Å². The summed E-state index contributed by atoms with van der Waals surface area (Å²) in [5, 5.41) is 3.28. The zero-order valence-corrected chi connectivity index (χ0v) is 18.1. The third-order valence-corrected chi connectivity index (χ3v) is 6.56. The third kappa shape index (κ3) is 5.18. The van der Waals surface area contributed by atoms with Crippen LogP contribution >= 0.6 is 11.6 Å². The lowest BCUT2D eigenvalue weighted by molar-refractivity contribution is 0.102. The Morgan fingerprint density at radius 2 is 1.57 bits per heavy atom. The number of rotatable bonds is 7. The molecule has 0 saturated heterocycles. The molecule has 6 nitrogen and oxygen atoms in total. The minimum absolute atomic E-state index is 0.171. The van der Waals surface area contributed by atoms with Crippen molar-refractivity contribution in [2.45, 2.75) is 11.4 Å². The number of hydrogen-bond donors (Lipinski definition) is 1. The van der Waals surface area contributed by atoms with Gasteiger partial charge in [0, 0.05) is 29.9 Å². The lowest BCUT2D eigenvalue weighted by Crippen LogP contribution is -2.26. The van der Waals surface area contributed by atoms with E-state index in [2.05, 4.69) is 5.32 Å². The number of benzene rings is 3. The van der Waals surface area contributed by atoms with Crippen molar-refractivity contribution in [2.24, 2.45) is 0 Å². The van der Waals surface area contributed by atoms with Gasteiger partial charge in [-0.05, 0) is 66.2 Å². The van der Waals surface area contributed by atoms with Gasteiger partial charge in [0.15, 0.2) is 0 Å². The van der Waals surface area contributed by atoms with Crippen molar-refractivity contribution in [3.05, 3.63) is 88.9 Å². The first-order valence-corrected chi connectivity index (χ1v) is 10.9. The molecule has 156 valence electrons. The first-order chi connectivity index (χ1) is 14.3. The van der Waals surface area contributed by atoms with Crippen molar-refractivity contribution in [3.8, 4) is 5.75 Å². The average Bonchev–Trinajstić information content (AvgIpc) is 2.75. The zero-order chi connectivity index (χ0) is 21.7. The topological polar surface area (TPSA) is 75.7 Å². The van der Waals surface area contributed by atoms with E-state index in [9.17, 15) is 13.2 Å². The minimum Gasteiger partial charge on any atom is -0.497 e. The van der Waals surface area contributed by atoms with E-state index in [1.165, 1.54) is 23.5 Å². The molecule has 30 heavy (non-hydrogen) atoms. The Bertz CT molecular complexity index is 1110. The number of hydrogen-bond acceptors (Lipinski definition) is 4. The SMILES string of the molecule is COc1ccc(NC(=O)c2ccc(CN(C)S(=O)(=O)c3ccc(Cl)cc3)cc2)cc1. The van der Waals surface area contributed by atoms with Gasteiger partial charge in [-0.3, -0.25) is 4.79 Å². The van der Waals surface area contributed by atoms with E-state index < -0.39 is 10.0 Å². The molecule has 0 fully saturated rings. The van der Waals surface area contributed by atoms with Gasteiger partial charge in [-0.15, -0.1) is 0 Å². The number of carbonyl (C=O) groups excluding carboxylic acids is 1. The van der Waals surface area contributed by atoms with Crippen LogP contribution in [0.5, 0.6) is 5.75 Å². The summed E-state index contributed by atoms with van der Waals surface area (Å²) in [5.41, 5.74) is 1.88. The molecule has 3 rings (SSSR count). The van der Waals surface area contributed by atoms with Gasteiger partial charge < -0.3 is 10.1 Å². The Labute approximate surface area is 181 Å². The second-order valence-electron chi connectivity index (χ2n) is 6.59. The summed E-state index contributed by atoms with van der Waals surface area (Å²) in [6.07, 6.45) is 0. The highest BCUT2D eigenvalue weighted by atomic mass is 35.5. The third-order valence-electron chi connectivity index (χ3n) is 4.49. The lowest BCUT2D eigenvalue weighted by atomic mass is 10.1. The quantitative estimate of drug-likeness (QED) is 0.585. The van der Waals surface area contributed by atoms with Crippen LogP contribution in [0.25, 0.3) is 0 Å². The molecular weight excluding hydrogens is 424 g/mol. The fourth-order valence-corrected chi connectivity index (χ4v) is 4.05. The van der Waals surface area contributed by atoms with Gasteiger partial charge in [0.1, 0.15) is 5.75 Å². The number of nitrogens with zero attached hydrogens (tertiary/aromatic N) is 1. The van der Waals surface area contributed by atoms with Crippen molar-refractivity contribution in [3.63, 3.8) is 0 Å². The first kappa shape index (κ1) is 21.8. The average molecular weight is 445 g/mol. The van der Waals surface area contributed by atoms with Gasteiger partial charge in [0.25, 0.3) is 5.91 Å². The van der Waals surface area contributed by atoms with Crippen LogP contribution in [0.1, 0.15) is 15.9 Å². The van der Waals surface area contributed by atoms with Crippen molar-refractivity contribution >= 4 is 33.2 Å². The van der Waals surface area contributed by atoms with Crippen molar-refractivity contribution in [2.75, 3.05) is 19.5 Å². The number of amides is 1. The van der Waals surface area contributed by atoms with E-state index in [4.69, 9.17) is 16.3 Å². The monoisotopic (exact) mass is 444 g/mol. The summed E-state index contributed by atoms with van der Waals surface area (Å²) in [7, 11) is -0.557. The number of nitrogens with one attached hydrogen (secondary N) is 1. The second kappa shape index (κ2) is 9.30. The summed E-state index contributed by atoms with van der Waals surface area (Å²) in [6.45, 7) is 0.172. The van der Waals surface area contributed by atoms with Crippen LogP contribution in [-0.4, -0.2) is 32.8 Å². The second-order valence-corrected chi connectivity index (χ2v) is 9.08. The van der Waals surface area contributed by atoms with E-state index in [0.29, 0.717) is 22.0 Å². The van der Waals surface area contributed by atoms with Crippen LogP contribution in [0.4, 0.5) is 5.69 Å². The maximum atomic E-state index is 12.7. The van der Waals surface area contributed by atoms with E-state index in [1.807, 2.05) is 0 Å². The van der Waals surface area contributed by atoms with E-state index in [1.54, 1.807) is 67.8 Å². The summed E-state index contributed by atoms with van der Waals surface area (Å²) in [4.78, 5) is 12.6. The summed E-state index contributed by atoms with van der Waals surface area (Å²) < 4.78 is 31.7. The van der Waals surface area contributed by atoms with Crippen molar-refractivity contribution < 1.29 is 17.9 Å². The highest BCUT2D eigenvalue weighted by Gasteiger charge is 2.21. The Morgan fingerprint density at radius 3 is 2.13 bits per heavy atom. The van der Waals surface area contributed by atoms with Crippen LogP contribution in [0, 0.1) is 0 Å². The number of carbonyl (C=O) groups is 1. The van der Waals surface area contributed by atoms with E-state index in [-0.39, 0.29) is 17.3 Å². The highest BCUT2D eigenvalue weighted by molar-refractivity contribution is 7.89. The maximum absolute atomic E-state index is 12.7. The largest absolute Gasteiger partial charge is 0.497 e. The molecule has 1 amide bonds.